The quantitative estimate of drug-likeness (QED) is 0.715. The van der Waals surface area contributed by atoms with Crippen LogP contribution in [0.2, 0.25) is 5.02 Å². The Morgan fingerprint density at radius 3 is 2.44 bits per heavy atom. The lowest BCUT2D eigenvalue weighted by Gasteiger charge is -2.33. The van der Waals surface area contributed by atoms with Gasteiger partial charge in [0.2, 0.25) is 5.91 Å². The molecule has 0 bridgehead atoms. The number of nitrogens with one attached hydrogen (secondary N) is 2. The molecular formula is C22H26ClN5O4. The Morgan fingerprint density at radius 2 is 1.81 bits per heavy atom. The number of likely N-dealkylation sites (tertiary alicyclic amines) is 1. The summed E-state index contributed by atoms with van der Waals surface area (Å²) < 4.78 is 5.39. The Bertz CT molecular complexity index is 983. The van der Waals surface area contributed by atoms with Crippen molar-refractivity contribution in [1.29, 1.82) is 0 Å². The Labute approximate surface area is 191 Å². The van der Waals surface area contributed by atoms with Crippen molar-refractivity contribution in [3.63, 3.8) is 0 Å². The normalized spacial score (nSPS) is 14.6. The first kappa shape index (κ1) is 23.5. The number of hydrogen-bond donors (Lipinski definition) is 2. The second kappa shape index (κ2) is 9.95. The van der Waals surface area contributed by atoms with Crippen molar-refractivity contribution in [3.8, 4) is 0 Å². The fourth-order valence-electron chi connectivity index (χ4n) is 3.20. The summed E-state index contributed by atoms with van der Waals surface area (Å²) in [7, 11) is 0. The molecule has 2 aromatic heterocycles. The molecule has 3 rings (SSSR count). The minimum absolute atomic E-state index is 0.210. The summed E-state index contributed by atoms with van der Waals surface area (Å²) in [5.41, 5.74) is 0.000325. The zero-order chi connectivity index (χ0) is 23.3. The second-order valence-corrected chi connectivity index (χ2v) is 8.90. The van der Waals surface area contributed by atoms with E-state index < -0.39 is 11.5 Å². The van der Waals surface area contributed by atoms with E-state index in [0.717, 1.165) is 0 Å². The van der Waals surface area contributed by atoms with Crippen LogP contribution in [0.3, 0.4) is 0 Å². The van der Waals surface area contributed by atoms with E-state index in [0.29, 0.717) is 42.5 Å². The van der Waals surface area contributed by atoms with E-state index in [4.69, 9.17) is 16.3 Å². The highest BCUT2D eigenvalue weighted by Gasteiger charge is 2.30. The third-order valence-electron chi connectivity index (χ3n) is 4.81. The predicted molar refractivity (Wildman–Crippen MR) is 121 cm³/mol. The van der Waals surface area contributed by atoms with Crippen molar-refractivity contribution < 1.29 is 19.1 Å². The molecule has 0 radical (unpaired) electrons. The Kier molecular flexibility index (Phi) is 7.29. The number of carbonyl (C=O) groups excluding carboxylic acids is 3. The van der Waals surface area contributed by atoms with Crippen LogP contribution >= 0.6 is 11.6 Å². The summed E-state index contributed by atoms with van der Waals surface area (Å²) in [6.45, 7) is 6.31. The highest BCUT2D eigenvalue weighted by Crippen LogP contribution is 2.23. The van der Waals surface area contributed by atoms with E-state index in [-0.39, 0.29) is 23.5 Å². The molecule has 1 saturated heterocycles. The molecule has 0 aliphatic carbocycles. The van der Waals surface area contributed by atoms with Crippen molar-refractivity contribution in [2.45, 2.75) is 39.2 Å². The van der Waals surface area contributed by atoms with Crippen molar-refractivity contribution >= 4 is 41.0 Å². The van der Waals surface area contributed by atoms with Crippen molar-refractivity contribution in [1.82, 2.24) is 14.9 Å². The minimum Gasteiger partial charge on any atom is -0.444 e. The zero-order valence-electron chi connectivity index (χ0n) is 18.2. The number of ether oxygens (including phenoxy) is 1. The summed E-state index contributed by atoms with van der Waals surface area (Å²) in [5, 5.41) is 5.93. The van der Waals surface area contributed by atoms with Crippen LogP contribution in [-0.2, 0) is 9.53 Å². The lowest BCUT2D eigenvalue weighted by molar-refractivity contribution is -0.121. The molecule has 3 heterocycles. The van der Waals surface area contributed by atoms with E-state index >= 15 is 0 Å². The number of carbonyl (C=O) groups is 3. The molecule has 0 saturated carbocycles. The van der Waals surface area contributed by atoms with Crippen LogP contribution in [0.4, 0.5) is 16.3 Å². The van der Waals surface area contributed by atoms with Crippen LogP contribution < -0.4 is 10.6 Å². The van der Waals surface area contributed by atoms with Crippen LogP contribution in [0.1, 0.15) is 44.0 Å². The summed E-state index contributed by atoms with van der Waals surface area (Å²) >= 11 is 5.81. The van der Waals surface area contributed by atoms with Gasteiger partial charge in [-0.1, -0.05) is 11.6 Å². The molecule has 0 spiro atoms. The van der Waals surface area contributed by atoms with Crippen LogP contribution in [0, 0.1) is 5.92 Å². The number of anilines is 2. The number of rotatable bonds is 4. The van der Waals surface area contributed by atoms with Gasteiger partial charge >= 0.3 is 6.09 Å². The summed E-state index contributed by atoms with van der Waals surface area (Å²) in [6.07, 6.45) is 4.94. The minimum atomic E-state index is -0.564. The number of halogens is 1. The Balaban J connectivity index is 1.60. The largest absolute Gasteiger partial charge is 0.444 e. The van der Waals surface area contributed by atoms with Gasteiger partial charge in [0.05, 0.1) is 16.3 Å². The molecule has 1 aliphatic rings. The molecule has 0 aromatic carbocycles. The van der Waals surface area contributed by atoms with Gasteiger partial charge in [-0.2, -0.15) is 0 Å². The van der Waals surface area contributed by atoms with Gasteiger partial charge < -0.3 is 20.3 Å². The van der Waals surface area contributed by atoms with E-state index in [1.165, 1.54) is 18.6 Å². The van der Waals surface area contributed by atoms with Gasteiger partial charge in [0, 0.05) is 37.6 Å². The Hall–Kier alpha value is -3.20. The number of amides is 3. The first-order valence-corrected chi connectivity index (χ1v) is 10.7. The van der Waals surface area contributed by atoms with Gasteiger partial charge in [0.25, 0.3) is 5.91 Å². The molecule has 3 amide bonds. The zero-order valence-corrected chi connectivity index (χ0v) is 19.0. The van der Waals surface area contributed by atoms with Gasteiger partial charge in [-0.05, 0) is 51.8 Å². The number of nitrogens with zero attached hydrogens (tertiary/aromatic N) is 3. The molecule has 9 nitrogen and oxygen atoms in total. The fourth-order valence-corrected chi connectivity index (χ4v) is 3.32. The monoisotopic (exact) mass is 459 g/mol. The van der Waals surface area contributed by atoms with E-state index in [1.54, 1.807) is 23.1 Å². The first-order valence-electron chi connectivity index (χ1n) is 10.3. The number of piperidine rings is 1. The molecular weight excluding hydrogens is 434 g/mol. The van der Waals surface area contributed by atoms with Gasteiger partial charge in [-0.25, -0.2) is 9.78 Å². The molecule has 2 aromatic rings. The van der Waals surface area contributed by atoms with Crippen molar-refractivity contribution in [2.24, 2.45) is 5.92 Å². The van der Waals surface area contributed by atoms with Gasteiger partial charge in [-0.15, -0.1) is 0 Å². The summed E-state index contributed by atoms with van der Waals surface area (Å²) in [6, 6.07) is 4.75. The molecule has 170 valence electrons. The molecule has 0 atom stereocenters. The maximum absolute atomic E-state index is 12.8. The average molecular weight is 460 g/mol. The topological polar surface area (TPSA) is 114 Å². The van der Waals surface area contributed by atoms with Crippen molar-refractivity contribution in [3.05, 3.63) is 47.4 Å². The molecule has 0 unspecified atom stereocenters. The van der Waals surface area contributed by atoms with E-state index in [2.05, 4.69) is 20.6 Å². The van der Waals surface area contributed by atoms with Gasteiger partial charge in [0.1, 0.15) is 11.4 Å². The Morgan fingerprint density at radius 1 is 1.09 bits per heavy atom. The molecule has 2 N–H and O–H groups in total. The van der Waals surface area contributed by atoms with Gasteiger partial charge in [-0.3, -0.25) is 14.6 Å². The average Bonchev–Trinajstić information content (AvgIpc) is 2.74. The maximum atomic E-state index is 12.8. The lowest BCUT2D eigenvalue weighted by Crippen LogP contribution is -2.43. The summed E-state index contributed by atoms with van der Waals surface area (Å²) in [5.74, 6) is -0.618. The SMILES string of the molecule is CC(C)(C)OC(=O)N1CCC(C(=O)Nc2ccncc2C(=O)Nc2ccc(Cl)cn2)CC1. The van der Waals surface area contributed by atoms with Gasteiger partial charge in [0.15, 0.2) is 0 Å². The number of hydrogen-bond acceptors (Lipinski definition) is 6. The van der Waals surface area contributed by atoms with E-state index in [1.807, 2.05) is 20.8 Å². The number of aromatic nitrogens is 2. The van der Waals surface area contributed by atoms with Crippen LogP contribution in [-0.4, -0.2) is 51.5 Å². The smallest absolute Gasteiger partial charge is 0.410 e. The maximum Gasteiger partial charge on any atom is 0.410 e. The van der Waals surface area contributed by atoms with E-state index in [9.17, 15) is 14.4 Å². The standard InChI is InChI=1S/C22H26ClN5O4/c1-22(2,3)32-21(31)28-10-7-14(8-11-28)19(29)26-17-6-9-24-13-16(17)20(30)27-18-5-4-15(23)12-25-18/h4-6,9,12-14H,7-8,10-11H2,1-3H3,(H,24,26,29)(H,25,27,30). The fraction of sp³-hybridized carbons (Fsp3) is 0.409. The highest BCUT2D eigenvalue weighted by atomic mass is 35.5. The third-order valence-corrected chi connectivity index (χ3v) is 5.03. The van der Waals surface area contributed by atoms with Crippen LogP contribution in [0.25, 0.3) is 0 Å². The third kappa shape index (κ3) is 6.40. The highest BCUT2D eigenvalue weighted by molar-refractivity contribution is 6.30. The molecule has 1 fully saturated rings. The van der Waals surface area contributed by atoms with Crippen LogP contribution in [0.5, 0.6) is 0 Å². The molecule has 1 aliphatic heterocycles. The number of pyridine rings is 2. The first-order chi connectivity index (χ1) is 15.1. The summed E-state index contributed by atoms with van der Waals surface area (Å²) in [4.78, 5) is 47.3. The molecule has 10 heteroatoms. The predicted octanol–water partition coefficient (Wildman–Crippen LogP) is 3.97. The molecule has 32 heavy (non-hydrogen) atoms. The second-order valence-electron chi connectivity index (χ2n) is 8.47. The van der Waals surface area contributed by atoms with Crippen LogP contribution in [0.15, 0.2) is 36.8 Å². The van der Waals surface area contributed by atoms with Crippen molar-refractivity contribution in [2.75, 3.05) is 23.7 Å². The lowest BCUT2D eigenvalue weighted by atomic mass is 9.96.